The van der Waals surface area contributed by atoms with Crippen molar-refractivity contribution in [3.8, 4) is 0 Å². The summed E-state index contributed by atoms with van der Waals surface area (Å²) in [6.07, 6.45) is -0.491. The molecular weight excluding hydrogens is 360 g/mol. The maximum absolute atomic E-state index is 12.9. The molecule has 1 unspecified atom stereocenters. The summed E-state index contributed by atoms with van der Waals surface area (Å²) in [6, 6.07) is 6.55. The third kappa shape index (κ3) is 4.39. The van der Waals surface area contributed by atoms with Crippen LogP contribution in [0, 0.1) is 5.92 Å². The first-order chi connectivity index (χ1) is 13.2. The molecule has 3 amide bonds. The van der Waals surface area contributed by atoms with Crippen molar-refractivity contribution in [2.75, 3.05) is 31.2 Å². The van der Waals surface area contributed by atoms with Gasteiger partial charge in [-0.2, -0.15) is 5.10 Å². The van der Waals surface area contributed by atoms with Crippen molar-refractivity contribution in [1.29, 1.82) is 0 Å². The number of nitrogens with zero attached hydrogens (tertiary/aromatic N) is 4. The number of hydrogen-bond acceptors (Lipinski definition) is 5. The van der Waals surface area contributed by atoms with E-state index in [1.807, 2.05) is 13.8 Å². The molecule has 0 radical (unpaired) electrons. The Balaban J connectivity index is 1.73. The number of rotatable bonds is 4. The Morgan fingerprint density at radius 3 is 2.43 bits per heavy atom. The second kappa shape index (κ2) is 8.10. The molecule has 0 aliphatic carbocycles. The largest absolute Gasteiger partial charge is 0.389 e. The summed E-state index contributed by atoms with van der Waals surface area (Å²) < 4.78 is 0. The second-order valence-electron chi connectivity index (χ2n) is 7.80. The number of hydrazone groups is 1. The van der Waals surface area contributed by atoms with E-state index in [1.165, 1.54) is 9.91 Å². The molecule has 0 spiro atoms. The number of amides is 3. The molecule has 2 aliphatic heterocycles. The molecule has 8 nitrogen and oxygen atoms in total. The number of benzene rings is 1. The summed E-state index contributed by atoms with van der Waals surface area (Å²) in [5.74, 6) is -0.311. The van der Waals surface area contributed by atoms with Gasteiger partial charge in [-0.3, -0.25) is 14.4 Å². The predicted octanol–water partition coefficient (Wildman–Crippen LogP) is 1.10. The number of carbonyl (C=O) groups is 3. The number of hydrogen-bond donors (Lipinski definition) is 1. The average Bonchev–Trinajstić information content (AvgIpc) is 2.90. The van der Waals surface area contributed by atoms with Crippen molar-refractivity contribution < 1.29 is 19.5 Å². The molecule has 1 aromatic rings. The third-order valence-corrected chi connectivity index (χ3v) is 4.69. The molecular formula is C20H26N4O4. The molecule has 1 fully saturated rings. The van der Waals surface area contributed by atoms with Gasteiger partial charge in [-0.05, 0) is 37.1 Å². The van der Waals surface area contributed by atoms with Crippen LogP contribution >= 0.6 is 0 Å². The fourth-order valence-electron chi connectivity index (χ4n) is 3.45. The van der Waals surface area contributed by atoms with Gasteiger partial charge in [-0.15, -0.1) is 0 Å². The van der Waals surface area contributed by atoms with Crippen LogP contribution in [-0.2, 0) is 9.59 Å². The number of aliphatic hydroxyl groups excluding tert-OH is 1. The lowest BCUT2D eigenvalue weighted by Crippen LogP contribution is -2.40. The van der Waals surface area contributed by atoms with Gasteiger partial charge < -0.3 is 14.9 Å². The second-order valence-corrected chi connectivity index (χ2v) is 7.80. The van der Waals surface area contributed by atoms with E-state index in [4.69, 9.17) is 0 Å². The molecule has 8 heteroatoms. The van der Waals surface area contributed by atoms with Gasteiger partial charge in [0.2, 0.25) is 5.91 Å². The Morgan fingerprint density at radius 2 is 1.86 bits per heavy atom. The van der Waals surface area contributed by atoms with E-state index in [1.54, 1.807) is 36.1 Å². The lowest BCUT2D eigenvalue weighted by molar-refractivity contribution is -0.131. The standard InChI is InChI=1S/C20H26N4O4/c1-13(2)9-22-10-17(25)11-23(12-19(22)27)20(28)15-4-6-16(7-5-15)24-18(26)8-14(3)21-24/h4-7,13,17,25H,8-12H2,1-3H3. The van der Waals surface area contributed by atoms with Gasteiger partial charge >= 0.3 is 0 Å². The van der Waals surface area contributed by atoms with E-state index in [0.29, 0.717) is 24.2 Å². The van der Waals surface area contributed by atoms with Gasteiger partial charge in [0.25, 0.3) is 11.8 Å². The zero-order chi connectivity index (χ0) is 20.4. The van der Waals surface area contributed by atoms with E-state index in [9.17, 15) is 19.5 Å². The zero-order valence-corrected chi connectivity index (χ0v) is 16.5. The topological polar surface area (TPSA) is 93.5 Å². The quantitative estimate of drug-likeness (QED) is 0.839. The van der Waals surface area contributed by atoms with E-state index in [0.717, 1.165) is 5.71 Å². The van der Waals surface area contributed by atoms with Crippen molar-refractivity contribution in [2.24, 2.45) is 11.0 Å². The molecule has 1 saturated heterocycles. The van der Waals surface area contributed by atoms with Gasteiger partial charge in [0.15, 0.2) is 0 Å². The summed E-state index contributed by atoms with van der Waals surface area (Å²) >= 11 is 0. The molecule has 0 saturated carbocycles. The number of aliphatic hydroxyl groups is 1. The summed E-state index contributed by atoms with van der Waals surface area (Å²) in [7, 11) is 0. The highest BCUT2D eigenvalue weighted by Crippen LogP contribution is 2.22. The lowest BCUT2D eigenvalue weighted by atomic mass is 10.1. The molecule has 150 valence electrons. The van der Waals surface area contributed by atoms with Crippen LogP contribution in [-0.4, -0.2) is 70.6 Å². The van der Waals surface area contributed by atoms with Crippen molar-refractivity contribution in [3.63, 3.8) is 0 Å². The van der Waals surface area contributed by atoms with Crippen LogP contribution in [0.4, 0.5) is 5.69 Å². The third-order valence-electron chi connectivity index (χ3n) is 4.69. The maximum atomic E-state index is 12.9. The van der Waals surface area contributed by atoms with E-state index < -0.39 is 6.10 Å². The highest BCUT2D eigenvalue weighted by molar-refractivity contribution is 6.12. The molecule has 1 N–H and O–H groups in total. The van der Waals surface area contributed by atoms with E-state index >= 15 is 0 Å². The Bertz CT molecular complexity index is 803. The Morgan fingerprint density at radius 1 is 1.18 bits per heavy atom. The van der Waals surface area contributed by atoms with Gasteiger partial charge in [0.05, 0.1) is 18.2 Å². The Kier molecular flexibility index (Phi) is 5.79. The SMILES string of the molecule is CC1=NN(c2ccc(C(=O)N3CC(=O)N(CC(C)C)CC(O)C3)cc2)C(=O)C1. The van der Waals surface area contributed by atoms with Crippen molar-refractivity contribution in [1.82, 2.24) is 9.80 Å². The van der Waals surface area contributed by atoms with Crippen LogP contribution in [0.5, 0.6) is 0 Å². The van der Waals surface area contributed by atoms with Crippen LogP contribution in [0.3, 0.4) is 0 Å². The first-order valence-corrected chi connectivity index (χ1v) is 9.46. The predicted molar refractivity (Wildman–Crippen MR) is 105 cm³/mol. The molecule has 1 atom stereocenters. The highest BCUT2D eigenvalue weighted by Gasteiger charge is 2.30. The minimum Gasteiger partial charge on any atom is -0.389 e. The molecule has 1 aromatic carbocycles. The molecule has 3 rings (SSSR count). The summed E-state index contributed by atoms with van der Waals surface area (Å²) in [5, 5.41) is 15.8. The summed E-state index contributed by atoms with van der Waals surface area (Å²) in [6.45, 7) is 6.63. The molecule has 0 aromatic heterocycles. The fraction of sp³-hybridized carbons (Fsp3) is 0.500. The summed E-state index contributed by atoms with van der Waals surface area (Å²) in [4.78, 5) is 40.3. The Labute approximate surface area is 164 Å². The molecule has 28 heavy (non-hydrogen) atoms. The smallest absolute Gasteiger partial charge is 0.254 e. The fourth-order valence-corrected chi connectivity index (χ4v) is 3.45. The van der Waals surface area contributed by atoms with Crippen LogP contribution in [0.1, 0.15) is 37.6 Å². The van der Waals surface area contributed by atoms with Crippen LogP contribution in [0.25, 0.3) is 0 Å². The number of anilines is 1. The highest BCUT2D eigenvalue weighted by atomic mass is 16.3. The molecule has 0 bridgehead atoms. The normalized spacial score (nSPS) is 20.7. The maximum Gasteiger partial charge on any atom is 0.254 e. The van der Waals surface area contributed by atoms with Crippen molar-refractivity contribution in [3.05, 3.63) is 29.8 Å². The van der Waals surface area contributed by atoms with E-state index in [2.05, 4.69) is 5.10 Å². The monoisotopic (exact) mass is 386 g/mol. The first-order valence-electron chi connectivity index (χ1n) is 9.46. The van der Waals surface area contributed by atoms with E-state index in [-0.39, 0.29) is 43.3 Å². The minimum atomic E-state index is -0.784. The number of carbonyl (C=O) groups excluding carboxylic acids is 3. The first kappa shape index (κ1) is 20.0. The van der Waals surface area contributed by atoms with Crippen LogP contribution < -0.4 is 5.01 Å². The van der Waals surface area contributed by atoms with Gasteiger partial charge in [-0.25, -0.2) is 5.01 Å². The summed E-state index contributed by atoms with van der Waals surface area (Å²) in [5.41, 5.74) is 1.73. The van der Waals surface area contributed by atoms with Crippen molar-refractivity contribution in [2.45, 2.75) is 33.3 Å². The average molecular weight is 386 g/mol. The zero-order valence-electron chi connectivity index (χ0n) is 16.5. The number of β-amino-alcohol motifs (C(OH)–C–C–N with tert-alkyl or cyclic N) is 1. The molecule has 2 heterocycles. The van der Waals surface area contributed by atoms with Gasteiger partial charge in [0, 0.05) is 30.9 Å². The van der Waals surface area contributed by atoms with Crippen molar-refractivity contribution >= 4 is 29.1 Å². The van der Waals surface area contributed by atoms with Gasteiger partial charge in [-0.1, -0.05) is 13.8 Å². The van der Waals surface area contributed by atoms with Crippen LogP contribution in [0.15, 0.2) is 29.4 Å². The van der Waals surface area contributed by atoms with Crippen LogP contribution in [0.2, 0.25) is 0 Å². The minimum absolute atomic E-state index is 0.0571. The lowest BCUT2D eigenvalue weighted by Gasteiger charge is -2.23. The molecule has 2 aliphatic rings. The Hall–Kier alpha value is -2.74. The van der Waals surface area contributed by atoms with Gasteiger partial charge in [0.1, 0.15) is 6.54 Å².